The molecule has 2 nitrogen and oxygen atoms in total. The Bertz CT molecular complexity index is 217. The molecule has 0 heterocycles. The molecule has 11 heavy (non-hydrogen) atoms. The lowest BCUT2D eigenvalue weighted by molar-refractivity contribution is 0.594. The van der Waals surface area contributed by atoms with Crippen molar-refractivity contribution < 1.29 is 4.39 Å². The number of nitrogens with two attached hydrogens (primary N) is 1. The Morgan fingerprint density at radius 3 is 2.55 bits per heavy atom. The van der Waals surface area contributed by atoms with Crippen molar-refractivity contribution in [2.45, 2.75) is 6.54 Å². The number of rotatable bonds is 2. The van der Waals surface area contributed by atoms with E-state index in [9.17, 15) is 4.39 Å². The summed E-state index contributed by atoms with van der Waals surface area (Å²) in [6, 6.07) is 6.52. The van der Waals surface area contributed by atoms with Crippen molar-refractivity contribution in [2.75, 3.05) is 0 Å². The Morgan fingerprint density at radius 2 is 2.00 bits per heavy atom. The van der Waals surface area contributed by atoms with Gasteiger partial charge in [0.25, 0.3) is 0 Å². The highest BCUT2D eigenvalue weighted by molar-refractivity contribution is 5.85. The largest absolute Gasteiger partial charge is 0.271 e. The van der Waals surface area contributed by atoms with Crippen LogP contribution in [-0.4, -0.2) is 0 Å². The quantitative estimate of drug-likeness (QED) is 0.525. The minimum absolute atomic E-state index is 0. The second kappa shape index (κ2) is 5.07. The summed E-state index contributed by atoms with van der Waals surface area (Å²) in [6.07, 6.45) is 0. The standard InChI is InChI=1S/C7H9FN2.ClH/c8-7-4-2-1-3-6(7)5-10-9;/h1-4,10H,5,9H2;1H. The number of nitrogens with one attached hydrogen (secondary N) is 1. The van der Waals surface area contributed by atoms with E-state index in [1.54, 1.807) is 18.2 Å². The van der Waals surface area contributed by atoms with Gasteiger partial charge in [-0.15, -0.1) is 12.4 Å². The summed E-state index contributed by atoms with van der Waals surface area (Å²) in [5.41, 5.74) is 2.97. The molecule has 0 aliphatic rings. The first-order valence-corrected chi connectivity index (χ1v) is 3.01. The van der Waals surface area contributed by atoms with Gasteiger partial charge in [-0.05, 0) is 6.07 Å². The maximum absolute atomic E-state index is 12.7. The van der Waals surface area contributed by atoms with Crippen molar-refractivity contribution in [2.24, 2.45) is 5.84 Å². The molecule has 0 saturated carbocycles. The van der Waals surface area contributed by atoms with Crippen LogP contribution in [0.15, 0.2) is 24.3 Å². The van der Waals surface area contributed by atoms with Crippen molar-refractivity contribution in [3.8, 4) is 0 Å². The van der Waals surface area contributed by atoms with Gasteiger partial charge in [-0.3, -0.25) is 11.3 Å². The zero-order chi connectivity index (χ0) is 7.40. The molecule has 0 bridgehead atoms. The summed E-state index contributed by atoms with van der Waals surface area (Å²) in [4.78, 5) is 0. The molecule has 0 saturated heterocycles. The number of benzene rings is 1. The van der Waals surface area contributed by atoms with E-state index in [0.29, 0.717) is 12.1 Å². The van der Waals surface area contributed by atoms with Crippen molar-refractivity contribution in [1.29, 1.82) is 0 Å². The van der Waals surface area contributed by atoms with Gasteiger partial charge in [0.15, 0.2) is 0 Å². The molecule has 1 rings (SSSR count). The summed E-state index contributed by atoms with van der Waals surface area (Å²) in [7, 11) is 0. The van der Waals surface area contributed by atoms with Gasteiger partial charge in [-0.2, -0.15) is 0 Å². The Hall–Kier alpha value is -0.640. The third kappa shape index (κ3) is 2.84. The van der Waals surface area contributed by atoms with Crippen LogP contribution in [-0.2, 0) is 6.54 Å². The lowest BCUT2D eigenvalue weighted by Gasteiger charge is -1.99. The van der Waals surface area contributed by atoms with Gasteiger partial charge in [0, 0.05) is 12.1 Å². The van der Waals surface area contributed by atoms with Crippen LogP contribution in [0.3, 0.4) is 0 Å². The molecule has 0 amide bonds. The second-order valence-electron chi connectivity index (χ2n) is 1.97. The fourth-order valence-electron chi connectivity index (χ4n) is 0.752. The molecular formula is C7H10ClFN2. The predicted molar refractivity (Wildman–Crippen MR) is 44.7 cm³/mol. The molecule has 0 spiro atoms. The monoisotopic (exact) mass is 176 g/mol. The number of hydrogen-bond donors (Lipinski definition) is 2. The van der Waals surface area contributed by atoms with Gasteiger partial charge in [0.1, 0.15) is 5.82 Å². The van der Waals surface area contributed by atoms with E-state index in [4.69, 9.17) is 5.84 Å². The Morgan fingerprint density at radius 1 is 1.36 bits per heavy atom. The molecule has 0 aromatic heterocycles. The lowest BCUT2D eigenvalue weighted by Crippen LogP contribution is -2.21. The lowest BCUT2D eigenvalue weighted by atomic mass is 10.2. The average Bonchev–Trinajstić information content (AvgIpc) is 1.94. The van der Waals surface area contributed by atoms with Crippen LogP contribution in [0.4, 0.5) is 4.39 Å². The molecule has 62 valence electrons. The normalized spacial score (nSPS) is 8.91. The van der Waals surface area contributed by atoms with E-state index in [2.05, 4.69) is 5.43 Å². The van der Waals surface area contributed by atoms with Crippen LogP contribution in [0.2, 0.25) is 0 Å². The Kier molecular flexibility index (Phi) is 4.77. The zero-order valence-corrected chi connectivity index (χ0v) is 6.70. The molecule has 3 N–H and O–H groups in total. The molecule has 0 unspecified atom stereocenters. The van der Waals surface area contributed by atoms with E-state index >= 15 is 0 Å². The van der Waals surface area contributed by atoms with E-state index in [1.165, 1.54) is 6.07 Å². The van der Waals surface area contributed by atoms with E-state index < -0.39 is 0 Å². The first-order chi connectivity index (χ1) is 4.84. The van der Waals surface area contributed by atoms with Crippen LogP contribution >= 0.6 is 12.4 Å². The zero-order valence-electron chi connectivity index (χ0n) is 5.88. The first-order valence-electron chi connectivity index (χ1n) is 3.01. The Balaban J connectivity index is 0.000001000. The topological polar surface area (TPSA) is 38.0 Å². The fourth-order valence-corrected chi connectivity index (χ4v) is 0.752. The average molecular weight is 177 g/mol. The highest BCUT2D eigenvalue weighted by atomic mass is 35.5. The van der Waals surface area contributed by atoms with Gasteiger partial charge in [0.05, 0.1) is 0 Å². The van der Waals surface area contributed by atoms with Crippen LogP contribution < -0.4 is 11.3 Å². The summed E-state index contributed by atoms with van der Waals surface area (Å²) < 4.78 is 12.7. The minimum atomic E-state index is -0.222. The van der Waals surface area contributed by atoms with Crippen molar-refractivity contribution in [3.63, 3.8) is 0 Å². The highest BCUT2D eigenvalue weighted by Crippen LogP contribution is 2.04. The number of hydrogen-bond acceptors (Lipinski definition) is 2. The van der Waals surface area contributed by atoms with Crippen molar-refractivity contribution in [1.82, 2.24) is 5.43 Å². The number of hydrazine groups is 1. The van der Waals surface area contributed by atoms with Crippen LogP contribution in [0, 0.1) is 5.82 Å². The minimum Gasteiger partial charge on any atom is -0.271 e. The van der Waals surface area contributed by atoms with Gasteiger partial charge >= 0.3 is 0 Å². The van der Waals surface area contributed by atoms with E-state index in [1.807, 2.05) is 0 Å². The van der Waals surface area contributed by atoms with Gasteiger partial charge in [-0.1, -0.05) is 18.2 Å². The first kappa shape index (κ1) is 10.4. The second-order valence-corrected chi connectivity index (χ2v) is 1.97. The summed E-state index contributed by atoms with van der Waals surface area (Å²) >= 11 is 0. The maximum atomic E-state index is 12.7. The third-order valence-corrected chi connectivity index (χ3v) is 1.25. The number of halogens is 2. The molecule has 0 atom stereocenters. The predicted octanol–water partition coefficient (Wildman–Crippen LogP) is 1.21. The van der Waals surface area contributed by atoms with Crippen LogP contribution in [0.5, 0.6) is 0 Å². The molecule has 1 aromatic carbocycles. The smallest absolute Gasteiger partial charge is 0.127 e. The van der Waals surface area contributed by atoms with Gasteiger partial charge in [0.2, 0.25) is 0 Å². The molecular weight excluding hydrogens is 167 g/mol. The summed E-state index contributed by atoms with van der Waals surface area (Å²) in [5.74, 6) is 4.79. The van der Waals surface area contributed by atoms with Crippen molar-refractivity contribution in [3.05, 3.63) is 35.6 Å². The van der Waals surface area contributed by atoms with Gasteiger partial charge < -0.3 is 0 Å². The molecule has 0 aliphatic heterocycles. The molecule has 0 aliphatic carbocycles. The van der Waals surface area contributed by atoms with E-state index in [0.717, 1.165) is 0 Å². The molecule has 0 radical (unpaired) electrons. The van der Waals surface area contributed by atoms with Crippen LogP contribution in [0.1, 0.15) is 5.56 Å². The summed E-state index contributed by atoms with van der Waals surface area (Å²) in [5, 5.41) is 0. The summed E-state index contributed by atoms with van der Waals surface area (Å²) in [6.45, 7) is 0.368. The Labute approximate surface area is 71.0 Å². The highest BCUT2D eigenvalue weighted by Gasteiger charge is 1.96. The van der Waals surface area contributed by atoms with Crippen molar-refractivity contribution >= 4 is 12.4 Å². The maximum Gasteiger partial charge on any atom is 0.127 e. The SMILES string of the molecule is Cl.NNCc1ccccc1F. The molecule has 4 heteroatoms. The van der Waals surface area contributed by atoms with Crippen LogP contribution in [0.25, 0.3) is 0 Å². The molecule has 1 aromatic rings. The third-order valence-electron chi connectivity index (χ3n) is 1.25. The van der Waals surface area contributed by atoms with E-state index in [-0.39, 0.29) is 18.2 Å². The fraction of sp³-hybridized carbons (Fsp3) is 0.143. The molecule has 0 fully saturated rings. The van der Waals surface area contributed by atoms with Gasteiger partial charge in [-0.25, -0.2) is 4.39 Å².